The highest BCUT2D eigenvalue weighted by Crippen LogP contribution is 2.23. The van der Waals surface area contributed by atoms with Crippen LogP contribution in [0.5, 0.6) is 0 Å². The molecule has 0 bridgehead atoms. The summed E-state index contributed by atoms with van der Waals surface area (Å²) in [4.78, 5) is 10.7. The van der Waals surface area contributed by atoms with E-state index in [1.54, 1.807) is 19.1 Å². The van der Waals surface area contributed by atoms with Crippen LogP contribution in [0.1, 0.15) is 16.2 Å². The van der Waals surface area contributed by atoms with Crippen molar-refractivity contribution in [2.45, 2.75) is 6.92 Å². The second-order valence-corrected chi connectivity index (χ2v) is 3.21. The Balaban J connectivity index is 2.51. The predicted octanol–water partition coefficient (Wildman–Crippen LogP) is 1.80. The largest absolute Gasteiger partial charge is 0.476 e. The zero-order valence-electron chi connectivity index (χ0n) is 7.22. The molecule has 1 N–H and O–H groups in total. The van der Waals surface area contributed by atoms with Crippen molar-refractivity contribution in [3.05, 3.63) is 23.6 Å². The zero-order chi connectivity index (χ0) is 10.1. The Morgan fingerprint density at radius 2 is 2.29 bits per heavy atom. The van der Waals surface area contributed by atoms with Gasteiger partial charge in [-0.05, 0) is 19.1 Å². The van der Waals surface area contributed by atoms with E-state index in [4.69, 9.17) is 9.52 Å². The van der Waals surface area contributed by atoms with Crippen LogP contribution in [0.3, 0.4) is 0 Å². The third-order valence-corrected chi connectivity index (χ3v) is 2.19. The molecule has 0 aromatic carbocycles. The number of aromatic carboxylic acids is 1. The molecular formula is C8H6N2O3S. The van der Waals surface area contributed by atoms with Crippen molar-refractivity contribution in [3.63, 3.8) is 0 Å². The summed E-state index contributed by atoms with van der Waals surface area (Å²) in [7, 11) is 0. The van der Waals surface area contributed by atoms with Gasteiger partial charge in [-0.15, -0.1) is 0 Å². The molecule has 5 nitrogen and oxygen atoms in total. The van der Waals surface area contributed by atoms with Crippen LogP contribution in [0.2, 0.25) is 0 Å². The fourth-order valence-corrected chi connectivity index (χ4v) is 1.60. The minimum absolute atomic E-state index is 0.0654. The Kier molecular flexibility index (Phi) is 2.05. The second kappa shape index (κ2) is 3.22. The van der Waals surface area contributed by atoms with Gasteiger partial charge in [-0.25, -0.2) is 4.79 Å². The SMILES string of the molecule is Cc1ccc(-c2nsnc2C(=O)O)o1. The second-order valence-electron chi connectivity index (χ2n) is 2.68. The van der Waals surface area contributed by atoms with E-state index in [0.29, 0.717) is 11.5 Å². The Morgan fingerprint density at radius 3 is 2.86 bits per heavy atom. The van der Waals surface area contributed by atoms with Crippen molar-refractivity contribution in [3.8, 4) is 11.5 Å². The van der Waals surface area contributed by atoms with Gasteiger partial charge in [0.1, 0.15) is 5.76 Å². The maximum Gasteiger partial charge on any atom is 0.358 e. The first-order valence-corrected chi connectivity index (χ1v) is 4.54. The molecular weight excluding hydrogens is 204 g/mol. The van der Waals surface area contributed by atoms with Gasteiger partial charge in [0.05, 0.1) is 11.7 Å². The molecule has 0 aliphatic rings. The number of hydrogen-bond acceptors (Lipinski definition) is 5. The molecule has 0 amide bonds. The summed E-state index contributed by atoms with van der Waals surface area (Å²) < 4.78 is 12.8. The van der Waals surface area contributed by atoms with E-state index in [1.807, 2.05) is 0 Å². The molecule has 2 aromatic heterocycles. The lowest BCUT2D eigenvalue weighted by Gasteiger charge is -1.91. The maximum atomic E-state index is 10.7. The summed E-state index contributed by atoms with van der Waals surface area (Å²) in [5, 5.41) is 8.79. The van der Waals surface area contributed by atoms with Gasteiger partial charge in [0.25, 0.3) is 0 Å². The number of nitrogens with zero attached hydrogens (tertiary/aromatic N) is 2. The van der Waals surface area contributed by atoms with Gasteiger partial charge in [-0.2, -0.15) is 8.75 Å². The standard InChI is InChI=1S/C8H6N2O3S/c1-4-2-3-5(13-4)6-7(8(11)12)10-14-9-6/h2-3H,1H3,(H,11,12). The van der Waals surface area contributed by atoms with Crippen LogP contribution in [0.15, 0.2) is 16.5 Å². The van der Waals surface area contributed by atoms with Gasteiger partial charge in [0.15, 0.2) is 17.1 Å². The highest BCUT2D eigenvalue weighted by molar-refractivity contribution is 6.99. The molecule has 0 aliphatic carbocycles. The van der Waals surface area contributed by atoms with E-state index in [9.17, 15) is 4.79 Å². The van der Waals surface area contributed by atoms with E-state index in [-0.39, 0.29) is 11.4 Å². The summed E-state index contributed by atoms with van der Waals surface area (Å²) >= 11 is 0.858. The number of rotatable bonds is 2. The highest BCUT2D eigenvalue weighted by atomic mass is 32.1. The Bertz CT molecular complexity index is 474. The number of carboxylic acids is 1. The van der Waals surface area contributed by atoms with E-state index < -0.39 is 5.97 Å². The van der Waals surface area contributed by atoms with Crippen LogP contribution in [0, 0.1) is 6.92 Å². The summed E-state index contributed by atoms with van der Waals surface area (Å²) in [6.07, 6.45) is 0. The fourth-order valence-electron chi connectivity index (χ4n) is 1.05. The molecule has 14 heavy (non-hydrogen) atoms. The van der Waals surface area contributed by atoms with Crippen molar-refractivity contribution in [1.82, 2.24) is 8.75 Å². The Labute approximate surface area is 83.3 Å². The third-order valence-electron chi connectivity index (χ3n) is 1.66. The molecule has 72 valence electrons. The molecule has 0 saturated heterocycles. The first-order chi connectivity index (χ1) is 6.68. The summed E-state index contributed by atoms with van der Waals surface area (Å²) in [6, 6.07) is 3.43. The number of furan rings is 1. The Morgan fingerprint density at radius 1 is 1.50 bits per heavy atom. The summed E-state index contributed by atoms with van der Waals surface area (Å²) in [6.45, 7) is 1.78. The van der Waals surface area contributed by atoms with Crippen LogP contribution in [-0.2, 0) is 0 Å². The average molecular weight is 210 g/mol. The van der Waals surface area contributed by atoms with Crippen molar-refractivity contribution >= 4 is 17.7 Å². The van der Waals surface area contributed by atoms with Crippen LogP contribution < -0.4 is 0 Å². The molecule has 6 heteroatoms. The molecule has 0 unspecified atom stereocenters. The quantitative estimate of drug-likeness (QED) is 0.817. The number of carbonyl (C=O) groups is 1. The topological polar surface area (TPSA) is 76.2 Å². The lowest BCUT2D eigenvalue weighted by molar-refractivity contribution is 0.0692. The van der Waals surface area contributed by atoms with Crippen LogP contribution in [-0.4, -0.2) is 19.8 Å². The number of aromatic nitrogens is 2. The lowest BCUT2D eigenvalue weighted by atomic mass is 10.2. The van der Waals surface area contributed by atoms with E-state index in [1.165, 1.54) is 0 Å². The summed E-state index contributed by atoms with van der Waals surface area (Å²) in [5.41, 5.74) is 0.222. The Hall–Kier alpha value is -1.69. The predicted molar refractivity (Wildman–Crippen MR) is 49.3 cm³/mol. The number of hydrogen-bond donors (Lipinski definition) is 1. The van der Waals surface area contributed by atoms with Gasteiger partial charge >= 0.3 is 5.97 Å². The van der Waals surface area contributed by atoms with Crippen LogP contribution in [0.4, 0.5) is 0 Å². The van der Waals surface area contributed by atoms with Crippen molar-refractivity contribution in [1.29, 1.82) is 0 Å². The zero-order valence-corrected chi connectivity index (χ0v) is 8.04. The molecule has 2 rings (SSSR count). The highest BCUT2D eigenvalue weighted by Gasteiger charge is 2.18. The lowest BCUT2D eigenvalue weighted by Crippen LogP contribution is -1.98. The molecule has 0 fully saturated rings. The number of carboxylic acid groups (broad SMARTS) is 1. The van der Waals surface area contributed by atoms with Crippen LogP contribution >= 0.6 is 11.7 Å². The third kappa shape index (κ3) is 1.39. The van der Waals surface area contributed by atoms with Gasteiger partial charge in [0, 0.05) is 0 Å². The molecule has 2 heterocycles. The van der Waals surface area contributed by atoms with Crippen molar-refractivity contribution < 1.29 is 14.3 Å². The van der Waals surface area contributed by atoms with E-state index in [2.05, 4.69) is 8.75 Å². The molecule has 2 aromatic rings. The maximum absolute atomic E-state index is 10.7. The average Bonchev–Trinajstić information content (AvgIpc) is 2.70. The monoisotopic (exact) mass is 210 g/mol. The smallest absolute Gasteiger partial charge is 0.358 e. The normalized spacial score (nSPS) is 10.4. The van der Waals surface area contributed by atoms with E-state index in [0.717, 1.165) is 11.7 Å². The first-order valence-electron chi connectivity index (χ1n) is 3.81. The van der Waals surface area contributed by atoms with Crippen molar-refractivity contribution in [2.75, 3.05) is 0 Å². The fraction of sp³-hybridized carbons (Fsp3) is 0.125. The van der Waals surface area contributed by atoms with Gasteiger partial charge < -0.3 is 9.52 Å². The molecule has 0 atom stereocenters. The minimum atomic E-state index is -1.09. The molecule has 0 saturated carbocycles. The minimum Gasteiger partial charge on any atom is -0.476 e. The van der Waals surface area contributed by atoms with Gasteiger partial charge in [0.2, 0.25) is 0 Å². The molecule has 0 aliphatic heterocycles. The first kappa shape index (κ1) is 8.89. The molecule has 0 spiro atoms. The molecule has 0 radical (unpaired) electrons. The van der Waals surface area contributed by atoms with E-state index >= 15 is 0 Å². The summed E-state index contributed by atoms with van der Waals surface area (Å²) in [5.74, 6) is 0.0563. The van der Waals surface area contributed by atoms with Crippen molar-refractivity contribution in [2.24, 2.45) is 0 Å². The van der Waals surface area contributed by atoms with Gasteiger partial charge in [-0.3, -0.25) is 0 Å². The number of aryl methyl sites for hydroxylation is 1. The van der Waals surface area contributed by atoms with Crippen LogP contribution in [0.25, 0.3) is 11.5 Å². The van der Waals surface area contributed by atoms with Gasteiger partial charge in [-0.1, -0.05) is 0 Å².